The van der Waals surface area contributed by atoms with Crippen LogP contribution < -0.4 is 16.0 Å². The number of amides is 3. The van der Waals surface area contributed by atoms with Crippen LogP contribution in [0.15, 0.2) is 42.7 Å². The summed E-state index contributed by atoms with van der Waals surface area (Å²) in [5, 5.41) is 12.8. The van der Waals surface area contributed by atoms with Crippen molar-refractivity contribution < 1.29 is 14.4 Å². The van der Waals surface area contributed by atoms with Gasteiger partial charge in [0.05, 0.1) is 11.9 Å². The lowest BCUT2D eigenvalue weighted by Gasteiger charge is -2.11. The Bertz CT molecular complexity index is 969. The number of benzene rings is 1. The first kappa shape index (κ1) is 20.8. The van der Waals surface area contributed by atoms with E-state index < -0.39 is 0 Å². The number of anilines is 1. The molecule has 0 unspecified atom stereocenters. The maximum Gasteiger partial charge on any atom is 0.251 e. The molecule has 0 bridgehead atoms. The van der Waals surface area contributed by atoms with Crippen LogP contribution >= 0.6 is 0 Å². The van der Waals surface area contributed by atoms with Crippen LogP contribution in [-0.2, 0) is 16.1 Å². The highest BCUT2D eigenvalue weighted by atomic mass is 16.2. The molecule has 8 heteroatoms. The molecular formula is C23H27N5O3. The van der Waals surface area contributed by atoms with E-state index in [-0.39, 0.29) is 30.3 Å². The van der Waals surface area contributed by atoms with Gasteiger partial charge in [0.25, 0.3) is 5.91 Å². The average Bonchev–Trinajstić information content (AvgIpc) is 3.22. The summed E-state index contributed by atoms with van der Waals surface area (Å²) in [6, 6.07) is 7.68. The van der Waals surface area contributed by atoms with Gasteiger partial charge in [0.15, 0.2) is 0 Å². The zero-order valence-corrected chi connectivity index (χ0v) is 17.3. The van der Waals surface area contributed by atoms with Gasteiger partial charge in [-0.1, -0.05) is 25.0 Å². The van der Waals surface area contributed by atoms with Crippen LogP contribution in [0.5, 0.6) is 0 Å². The van der Waals surface area contributed by atoms with Gasteiger partial charge in [0.2, 0.25) is 11.8 Å². The maximum absolute atomic E-state index is 12.2. The van der Waals surface area contributed by atoms with E-state index in [1.807, 2.05) is 0 Å². The second-order valence-corrected chi connectivity index (χ2v) is 8.17. The molecule has 2 aliphatic rings. The van der Waals surface area contributed by atoms with Crippen molar-refractivity contribution in [3.8, 4) is 0 Å². The lowest BCUT2D eigenvalue weighted by Crippen LogP contribution is -2.35. The third-order valence-electron chi connectivity index (χ3n) is 5.44. The fourth-order valence-electron chi connectivity index (χ4n) is 3.60. The third-order valence-corrected chi connectivity index (χ3v) is 5.44. The Kier molecular flexibility index (Phi) is 6.45. The van der Waals surface area contributed by atoms with E-state index in [0.717, 1.165) is 44.1 Å². The largest absolute Gasteiger partial charge is 0.352 e. The number of hydrogen-bond donors (Lipinski definition) is 3. The molecular weight excluding hydrogens is 394 g/mol. The Morgan fingerprint density at radius 1 is 1.00 bits per heavy atom. The number of rotatable bonds is 8. The Balaban J connectivity index is 1.24. The molecule has 0 spiro atoms. The maximum atomic E-state index is 12.2. The summed E-state index contributed by atoms with van der Waals surface area (Å²) in [7, 11) is 0. The second-order valence-electron chi connectivity index (χ2n) is 8.17. The van der Waals surface area contributed by atoms with Crippen LogP contribution in [0.25, 0.3) is 6.08 Å². The molecule has 0 saturated heterocycles. The first-order valence-electron chi connectivity index (χ1n) is 10.8. The number of carbonyl (C=O) groups excluding carboxylic acids is 3. The zero-order chi connectivity index (χ0) is 21.6. The van der Waals surface area contributed by atoms with Gasteiger partial charge in [-0.15, -0.1) is 0 Å². The molecule has 2 fully saturated rings. The Labute approximate surface area is 181 Å². The standard InChI is InChI=1S/C23H27N5O3/c29-21(12-7-16-5-8-17(9-6-16)23(31)27-19-10-11-19)26-20-13-24-28(14-20)15-22(30)25-18-3-1-2-4-18/h5-9,12-14,18-19H,1-4,10-11,15H2,(H,25,30)(H,26,29)(H,27,31)/b12-7+. The van der Waals surface area contributed by atoms with Gasteiger partial charge in [-0.25, -0.2) is 0 Å². The number of nitrogens with one attached hydrogen (secondary N) is 3. The molecule has 3 amide bonds. The van der Waals surface area contributed by atoms with Gasteiger partial charge >= 0.3 is 0 Å². The van der Waals surface area contributed by atoms with E-state index in [0.29, 0.717) is 17.3 Å². The van der Waals surface area contributed by atoms with Crippen molar-refractivity contribution >= 4 is 29.5 Å². The molecule has 0 radical (unpaired) electrons. The SMILES string of the molecule is O=C(/C=C/c1ccc(C(=O)NC2CC2)cc1)Nc1cnn(CC(=O)NC2CCCC2)c1. The van der Waals surface area contributed by atoms with Crippen molar-refractivity contribution in [2.75, 3.05) is 5.32 Å². The minimum Gasteiger partial charge on any atom is -0.352 e. The van der Waals surface area contributed by atoms with E-state index in [4.69, 9.17) is 0 Å². The topological polar surface area (TPSA) is 105 Å². The van der Waals surface area contributed by atoms with Gasteiger partial charge in [0.1, 0.15) is 6.54 Å². The smallest absolute Gasteiger partial charge is 0.251 e. The first-order chi connectivity index (χ1) is 15.0. The molecule has 1 heterocycles. The predicted molar refractivity (Wildman–Crippen MR) is 117 cm³/mol. The Morgan fingerprint density at radius 3 is 2.42 bits per heavy atom. The molecule has 4 rings (SSSR count). The summed E-state index contributed by atoms with van der Waals surface area (Å²) in [4.78, 5) is 36.3. The van der Waals surface area contributed by atoms with Crippen molar-refractivity contribution in [2.45, 2.75) is 57.2 Å². The molecule has 2 aromatic rings. The summed E-state index contributed by atoms with van der Waals surface area (Å²) in [6.07, 6.45) is 12.7. The summed E-state index contributed by atoms with van der Waals surface area (Å²) < 4.78 is 1.51. The minimum atomic E-state index is -0.300. The molecule has 1 aromatic carbocycles. The molecule has 2 aliphatic carbocycles. The van der Waals surface area contributed by atoms with Gasteiger partial charge in [-0.3, -0.25) is 19.1 Å². The first-order valence-corrected chi connectivity index (χ1v) is 10.8. The fraction of sp³-hybridized carbons (Fsp3) is 0.391. The highest BCUT2D eigenvalue weighted by Crippen LogP contribution is 2.19. The second kappa shape index (κ2) is 9.59. The summed E-state index contributed by atoms with van der Waals surface area (Å²) in [5.41, 5.74) is 1.95. The number of hydrogen-bond acceptors (Lipinski definition) is 4. The average molecular weight is 422 g/mol. The number of nitrogens with zero attached hydrogens (tertiary/aromatic N) is 2. The lowest BCUT2D eigenvalue weighted by atomic mass is 10.1. The zero-order valence-electron chi connectivity index (χ0n) is 17.3. The van der Waals surface area contributed by atoms with Crippen LogP contribution in [0.4, 0.5) is 5.69 Å². The summed E-state index contributed by atoms with van der Waals surface area (Å²) in [6.45, 7) is 0.128. The van der Waals surface area contributed by atoms with Gasteiger partial charge < -0.3 is 16.0 Å². The van der Waals surface area contributed by atoms with Gasteiger partial charge in [0, 0.05) is 29.9 Å². The van der Waals surface area contributed by atoms with Crippen LogP contribution in [0.2, 0.25) is 0 Å². The quantitative estimate of drug-likeness (QED) is 0.570. The van der Waals surface area contributed by atoms with Crippen LogP contribution in [0.1, 0.15) is 54.4 Å². The third kappa shape index (κ3) is 6.28. The van der Waals surface area contributed by atoms with Crippen molar-refractivity contribution in [1.29, 1.82) is 0 Å². The van der Waals surface area contributed by atoms with E-state index >= 15 is 0 Å². The van der Waals surface area contributed by atoms with Crippen molar-refractivity contribution in [3.05, 3.63) is 53.9 Å². The fourth-order valence-corrected chi connectivity index (χ4v) is 3.60. The predicted octanol–water partition coefficient (Wildman–Crippen LogP) is 2.49. The highest BCUT2D eigenvalue weighted by molar-refractivity contribution is 6.02. The molecule has 0 aliphatic heterocycles. The summed E-state index contributed by atoms with van der Waals surface area (Å²) in [5.74, 6) is -0.433. The van der Waals surface area contributed by atoms with Crippen LogP contribution in [0.3, 0.4) is 0 Å². The van der Waals surface area contributed by atoms with Crippen molar-refractivity contribution in [3.63, 3.8) is 0 Å². The molecule has 31 heavy (non-hydrogen) atoms. The Hall–Kier alpha value is -3.42. The van der Waals surface area contributed by atoms with Crippen molar-refractivity contribution in [1.82, 2.24) is 20.4 Å². The van der Waals surface area contributed by atoms with Gasteiger partial charge in [-0.2, -0.15) is 5.10 Å². The van der Waals surface area contributed by atoms with E-state index in [2.05, 4.69) is 21.0 Å². The van der Waals surface area contributed by atoms with E-state index in [1.54, 1.807) is 36.5 Å². The lowest BCUT2D eigenvalue weighted by molar-refractivity contribution is -0.122. The Morgan fingerprint density at radius 2 is 1.71 bits per heavy atom. The molecule has 0 atom stereocenters. The molecule has 8 nitrogen and oxygen atoms in total. The monoisotopic (exact) mass is 421 g/mol. The number of carbonyl (C=O) groups is 3. The molecule has 1 aromatic heterocycles. The van der Waals surface area contributed by atoms with E-state index in [9.17, 15) is 14.4 Å². The van der Waals surface area contributed by atoms with Gasteiger partial charge in [-0.05, 0) is 49.5 Å². The highest BCUT2D eigenvalue weighted by Gasteiger charge is 2.23. The normalized spacial score (nSPS) is 16.4. The van der Waals surface area contributed by atoms with E-state index in [1.165, 1.54) is 17.0 Å². The minimum absolute atomic E-state index is 0.0651. The molecule has 2 saturated carbocycles. The molecule has 162 valence electrons. The number of aromatic nitrogens is 2. The summed E-state index contributed by atoms with van der Waals surface area (Å²) >= 11 is 0. The van der Waals surface area contributed by atoms with Crippen LogP contribution in [-0.4, -0.2) is 39.6 Å². The molecule has 3 N–H and O–H groups in total. The van der Waals surface area contributed by atoms with Crippen molar-refractivity contribution in [2.24, 2.45) is 0 Å². The van der Waals surface area contributed by atoms with Crippen LogP contribution in [0, 0.1) is 0 Å².